The molecule has 1 aromatic carbocycles. The van der Waals surface area contributed by atoms with Gasteiger partial charge in [0.2, 0.25) is 0 Å². The number of benzene rings is 1. The number of nitrogens with one attached hydrogen (secondary N) is 1. The fraction of sp³-hybridized carbons (Fsp3) is 0.364. The summed E-state index contributed by atoms with van der Waals surface area (Å²) in [4.78, 5) is 1.29. The van der Waals surface area contributed by atoms with Crippen LogP contribution in [0.5, 0.6) is 0 Å². The van der Waals surface area contributed by atoms with Crippen LogP contribution < -0.4 is 0 Å². The van der Waals surface area contributed by atoms with Gasteiger partial charge in [-0.2, -0.15) is 13.2 Å². The molecule has 0 saturated carbocycles. The zero-order valence-corrected chi connectivity index (χ0v) is 8.88. The first kappa shape index (κ1) is 12.5. The Balaban J connectivity index is 2.55. The third-order valence-corrected chi connectivity index (χ3v) is 2.16. The normalized spacial score (nSPS) is 11.2. The molecule has 0 bridgehead atoms. The van der Waals surface area contributed by atoms with E-state index in [-0.39, 0.29) is 12.4 Å². The lowest BCUT2D eigenvalue weighted by Crippen LogP contribution is -2.30. The van der Waals surface area contributed by atoms with E-state index in [1.165, 1.54) is 11.9 Å². The maximum absolute atomic E-state index is 12.0. The average Bonchev–Trinajstić information content (AvgIpc) is 2.25. The maximum atomic E-state index is 12.0. The summed E-state index contributed by atoms with van der Waals surface area (Å²) >= 11 is 0. The Morgan fingerprint density at radius 3 is 2.31 bits per heavy atom. The second-order valence-electron chi connectivity index (χ2n) is 3.50. The van der Waals surface area contributed by atoms with E-state index in [0.29, 0.717) is 5.56 Å². The Morgan fingerprint density at radius 1 is 1.25 bits per heavy atom. The molecule has 0 unspecified atom stereocenters. The second-order valence-corrected chi connectivity index (χ2v) is 3.50. The number of hydrogen-bond acceptors (Lipinski definition) is 1. The molecule has 1 rings (SSSR count). The predicted octanol–water partition coefficient (Wildman–Crippen LogP) is 2.90. The fourth-order valence-corrected chi connectivity index (χ4v) is 1.22. The van der Waals surface area contributed by atoms with E-state index in [9.17, 15) is 13.2 Å². The summed E-state index contributed by atoms with van der Waals surface area (Å²) < 4.78 is 36.0. The van der Waals surface area contributed by atoms with Crippen LogP contribution in [0.25, 0.3) is 0 Å². The molecule has 0 aliphatic carbocycles. The molecule has 1 N–H and O–H groups in total. The molecule has 0 spiro atoms. The predicted molar refractivity (Wildman–Crippen MR) is 56.6 cm³/mol. The molecule has 0 radical (unpaired) electrons. The number of amidine groups is 1. The highest BCUT2D eigenvalue weighted by Gasteiger charge is 2.27. The molecule has 0 atom stereocenters. The van der Waals surface area contributed by atoms with Gasteiger partial charge in [-0.05, 0) is 0 Å². The van der Waals surface area contributed by atoms with E-state index >= 15 is 0 Å². The number of halogens is 3. The highest BCUT2D eigenvalue weighted by molar-refractivity contribution is 5.96. The van der Waals surface area contributed by atoms with Gasteiger partial charge in [0.15, 0.2) is 0 Å². The van der Waals surface area contributed by atoms with Crippen LogP contribution in [0, 0.1) is 5.41 Å². The zero-order valence-electron chi connectivity index (χ0n) is 8.88. The molecule has 5 heteroatoms. The Morgan fingerprint density at radius 2 is 1.81 bits per heavy atom. The van der Waals surface area contributed by atoms with Crippen molar-refractivity contribution in [1.29, 1.82) is 5.41 Å². The van der Waals surface area contributed by atoms with E-state index in [1.807, 2.05) is 0 Å². The van der Waals surface area contributed by atoms with Crippen molar-refractivity contribution in [3.63, 3.8) is 0 Å². The number of hydrogen-bond donors (Lipinski definition) is 1. The van der Waals surface area contributed by atoms with Crippen molar-refractivity contribution < 1.29 is 13.2 Å². The van der Waals surface area contributed by atoms with Crippen molar-refractivity contribution >= 4 is 5.84 Å². The van der Waals surface area contributed by atoms with Crippen LogP contribution in [-0.2, 0) is 0 Å². The summed E-state index contributed by atoms with van der Waals surface area (Å²) in [5, 5.41) is 7.70. The van der Waals surface area contributed by atoms with Crippen molar-refractivity contribution in [2.45, 2.75) is 12.6 Å². The lowest BCUT2D eigenvalue weighted by atomic mass is 10.2. The SMILES string of the molecule is CN(CCC(F)(F)F)C(=N)c1ccccc1. The molecule has 1 aromatic rings. The standard InChI is InChI=1S/C11H13F3N2/c1-16(8-7-11(12,13)14)10(15)9-5-3-2-4-6-9/h2-6,15H,7-8H2,1H3. The lowest BCUT2D eigenvalue weighted by Gasteiger charge is -2.20. The molecular weight excluding hydrogens is 217 g/mol. The van der Waals surface area contributed by atoms with Gasteiger partial charge in [-0.1, -0.05) is 30.3 Å². The maximum Gasteiger partial charge on any atom is 0.390 e. The number of nitrogens with zero attached hydrogens (tertiary/aromatic N) is 1. The minimum Gasteiger partial charge on any atom is -0.359 e. The summed E-state index contributed by atoms with van der Waals surface area (Å²) in [5.74, 6) is 0.102. The van der Waals surface area contributed by atoms with Crippen molar-refractivity contribution in [2.24, 2.45) is 0 Å². The zero-order chi connectivity index (χ0) is 12.2. The third-order valence-electron chi connectivity index (χ3n) is 2.16. The van der Waals surface area contributed by atoms with Crippen LogP contribution in [0.15, 0.2) is 30.3 Å². The molecule has 0 amide bonds. The van der Waals surface area contributed by atoms with Gasteiger partial charge in [0.25, 0.3) is 0 Å². The largest absolute Gasteiger partial charge is 0.390 e. The quantitative estimate of drug-likeness (QED) is 0.627. The molecule has 2 nitrogen and oxygen atoms in total. The Labute approximate surface area is 92.2 Å². The molecule has 0 aromatic heterocycles. The van der Waals surface area contributed by atoms with Crippen LogP contribution >= 0.6 is 0 Å². The summed E-state index contributed by atoms with van der Waals surface area (Å²) in [6.07, 6.45) is -5.08. The van der Waals surface area contributed by atoms with Gasteiger partial charge in [-0.25, -0.2) is 0 Å². The minimum atomic E-state index is -4.18. The molecule has 88 valence electrons. The van der Waals surface area contributed by atoms with Gasteiger partial charge in [0.05, 0.1) is 6.42 Å². The van der Waals surface area contributed by atoms with Gasteiger partial charge >= 0.3 is 6.18 Å². The minimum absolute atomic E-state index is 0.102. The number of alkyl halides is 3. The lowest BCUT2D eigenvalue weighted by molar-refractivity contribution is -0.135. The van der Waals surface area contributed by atoms with E-state index in [1.54, 1.807) is 30.3 Å². The summed E-state index contributed by atoms with van der Waals surface area (Å²) in [6, 6.07) is 8.70. The average molecular weight is 230 g/mol. The number of rotatable bonds is 3. The van der Waals surface area contributed by atoms with Crippen LogP contribution in [0.3, 0.4) is 0 Å². The fourth-order valence-electron chi connectivity index (χ4n) is 1.22. The Hall–Kier alpha value is -1.52. The van der Waals surface area contributed by atoms with Gasteiger partial charge in [0, 0.05) is 19.2 Å². The van der Waals surface area contributed by atoms with Crippen molar-refractivity contribution in [1.82, 2.24) is 4.90 Å². The Kier molecular flexibility index (Phi) is 3.93. The summed E-state index contributed by atoms with van der Waals surface area (Å²) in [5.41, 5.74) is 0.618. The monoisotopic (exact) mass is 230 g/mol. The summed E-state index contributed by atoms with van der Waals surface area (Å²) in [6.45, 7) is -0.197. The van der Waals surface area contributed by atoms with Crippen LogP contribution in [0.1, 0.15) is 12.0 Å². The van der Waals surface area contributed by atoms with Gasteiger partial charge < -0.3 is 4.90 Å². The first-order chi connectivity index (χ1) is 7.40. The van der Waals surface area contributed by atoms with Crippen molar-refractivity contribution in [2.75, 3.05) is 13.6 Å². The highest BCUT2D eigenvalue weighted by atomic mass is 19.4. The highest BCUT2D eigenvalue weighted by Crippen LogP contribution is 2.19. The molecule has 16 heavy (non-hydrogen) atoms. The van der Waals surface area contributed by atoms with Crippen molar-refractivity contribution in [3.8, 4) is 0 Å². The van der Waals surface area contributed by atoms with E-state index in [0.717, 1.165) is 0 Å². The van der Waals surface area contributed by atoms with Gasteiger partial charge in [-0.3, -0.25) is 5.41 Å². The molecule has 0 heterocycles. The third kappa shape index (κ3) is 3.92. The molecule has 0 aliphatic rings. The summed E-state index contributed by atoms with van der Waals surface area (Å²) in [7, 11) is 1.49. The van der Waals surface area contributed by atoms with Crippen LogP contribution in [-0.4, -0.2) is 30.5 Å². The van der Waals surface area contributed by atoms with Gasteiger partial charge in [-0.15, -0.1) is 0 Å². The molecular formula is C11H13F3N2. The van der Waals surface area contributed by atoms with E-state index in [4.69, 9.17) is 5.41 Å². The molecule has 0 aliphatic heterocycles. The molecule has 0 fully saturated rings. The van der Waals surface area contributed by atoms with Gasteiger partial charge in [0.1, 0.15) is 5.84 Å². The first-order valence-corrected chi connectivity index (χ1v) is 4.82. The first-order valence-electron chi connectivity index (χ1n) is 4.82. The van der Waals surface area contributed by atoms with Crippen LogP contribution in [0.4, 0.5) is 13.2 Å². The van der Waals surface area contributed by atoms with Crippen LogP contribution in [0.2, 0.25) is 0 Å². The van der Waals surface area contributed by atoms with E-state index in [2.05, 4.69) is 0 Å². The molecule has 0 saturated heterocycles. The Bertz CT molecular complexity index is 346. The smallest absolute Gasteiger partial charge is 0.359 e. The van der Waals surface area contributed by atoms with E-state index < -0.39 is 12.6 Å². The second kappa shape index (κ2) is 5.01. The van der Waals surface area contributed by atoms with Crippen molar-refractivity contribution in [3.05, 3.63) is 35.9 Å². The topological polar surface area (TPSA) is 27.1 Å².